The van der Waals surface area contributed by atoms with E-state index in [4.69, 9.17) is 9.72 Å². The first kappa shape index (κ1) is 25.1. The molecule has 168 valence electrons. The van der Waals surface area contributed by atoms with Crippen molar-refractivity contribution in [2.24, 2.45) is 0 Å². The summed E-state index contributed by atoms with van der Waals surface area (Å²) in [4.78, 5) is 22.2. The minimum atomic E-state index is 0. The molecule has 0 unspecified atom stereocenters. The lowest BCUT2D eigenvalue weighted by molar-refractivity contribution is -0.118. The number of rotatable bonds is 8. The zero-order chi connectivity index (χ0) is 21.8. The molecule has 0 fully saturated rings. The van der Waals surface area contributed by atoms with Crippen molar-refractivity contribution in [3.8, 4) is 5.75 Å². The largest absolute Gasteiger partial charge is 0.494 e. The first-order valence-electron chi connectivity index (χ1n) is 10.3. The summed E-state index contributed by atoms with van der Waals surface area (Å²) in [5.41, 5.74) is 5.48. The van der Waals surface area contributed by atoms with E-state index in [0.29, 0.717) is 13.0 Å². The number of hydrogen-bond acceptors (Lipinski definition) is 5. The highest BCUT2D eigenvalue weighted by molar-refractivity contribution is 7.22. The van der Waals surface area contributed by atoms with Crippen LogP contribution in [0.25, 0.3) is 10.2 Å². The summed E-state index contributed by atoms with van der Waals surface area (Å²) < 4.78 is 6.49. The number of hydrogen-bond donors (Lipinski definition) is 0. The monoisotopic (exact) mass is 461 g/mol. The average Bonchev–Trinajstić information content (AvgIpc) is 3.11. The number of carbonyl (C=O) groups excluding carboxylic acids is 1. The fourth-order valence-electron chi connectivity index (χ4n) is 3.80. The fourth-order valence-corrected chi connectivity index (χ4v) is 4.83. The normalized spacial score (nSPS) is 10.9. The molecule has 5 nitrogen and oxygen atoms in total. The molecule has 3 aromatic rings. The highest BCUT2D eigenvalue weighted by atomic mass is 35.5. The second-order valence-corrected chi connectivity index (χ2v) is 9.07. The molecule has 0 bridgehead atoms. The Kier molecular flexibility index (Phi) is 8.86. The molecule has 1 aromatic heterocycles. The van der Waals surface area contributed by atoms with E-state index in [1.807, 2.05) is 37.2 Å². The molecule has 0 atom stereocenters. The number of aryl methyl sites for hydroxylation is 3. The molecular formula is C24H32ClN3O2S. The topological polar surface area (TPSA) is 45.7 Å². The standard InChI is InChI=1S/C24H31N3O2S.ClH/c1-16-13-17(2)19(18(3)14-16)15-22(28)27(12-8-11-26(4)5)24-25-23-20(29-6)9-7-10-21(23)30-24;/h7,9-10,13-14H,8,11-12,15H2,1-6H3;1H. The molecule has 0 N–H and O–H groups in total. The second-order valence-electron chi connectivity index (χ2n) is 8.06. The highest BCUT2D eigenvalue weighted by Gasteiger charge is 2.22. The van der Waals surface area contributed by atoms with Crippen LogP contribution in [0.15, 0.2) is 30.3 Å². The molecule has 0 radical (unpaired) electrons. The SMILES string of the molecule is COc1cccc2sc(N(CCCN(C)C)C(=O)Cc3c(C)cc(C)cc3C)nc12.Cl. The first-order chi connectivity index (χ1) is 14.3. The fraction of sp³-hybridized carbons (Fsp3) is 0.417. The van der Waals surface area contributed by atoms with Crippen molar-refractivity contribution in [1.82, 2.24) is 9.88 Å². The predicted molar refractivity (Wildman–Crippen MR) is 133 cm³/mol. The summed E-state index contributed by atoms with van der Waals surface area (Å²) in [5, 5.41) is 0.737. The summed E-state index contributed by atoms with van der Waals surface area (Å²) in [6, 6.07) is 10.2. The van der Waals surface area contributed by atoms with Crippen LogP contribution in [-0.4, -0.2) is 50.1 Å². The van der Waals surface area contributed by atoms with E-state index in [0.717, 1.165) is 39.6 Å². The van der Waals surface area contributed by atoms with Crippen LogP contribution < -0.4 is 9.64 Å². The number of halogens is 1. The van der Waals surface area contributed by atoms with Gasteiger partial charge < -0.3 is 9.64 Å². The predicted octanol–water partition coefficient (Wildman–Crippen LogP) is 5.18. The van der Waals surface area contributed by atoms with Crippen molar-refractivity contribution in [1.29, 1.82) is 0 Å². The van der Waals surface area contributed by atoms with Gasteiger partial charge in [0.05, 0.1) is 18.2 Å². The van der Waals surface area contributed by atoms with Gasteiger partial charge in [-0.3, -0.25) is 9.69 Å². The van der Waals surface area contributed by atoms with Crippen LogP contribution in [0.2, 0.25) is 0 Å². The maximum Gasteiger partial charge on any atom is 0.233 e. The van der Waals surface area contributed by atoms with Gasteiger partial charge in [-0.2, -0.15) is 0 Å². The van der Waals surface area contributed by atoms with Crippen LogP contribution in [0.3, 0.4) is 0 Å². The van der Waals surface area contributed by atoms with Crippen molar-refractivity contribution < 1.29 is 9.53 Å². The van der Waals surface area contributed by atoms with E-state index in [9.17, 15) is 4.79 Å². The Balaban J connectivity index is 0.00000341. The molecule has 0 saturated carbocycles. The van der Waals surface area contributed by atoms with Gasteiger partial charge in [0.1, 0.15) is 11.3 Å². The first-order valence-corrected chi connectivity index (χ1v) is 11.1. The molecule has 7 heteroatoms. The number of ether oxygens (including phenoxy) is 1. The Labute approximate surface area is 195 Å². The Hall–Kier alpha value is -2.15. The van der Waals surface area contributed by atoms with Gasteiger partial charge in [0, 0.05) is 6.54 Å². The summed E-state index contributed by atoms with van der Waals surface area (Å²) in [5.74, 6) is 0.822. The van der Waals surface area contributed by atoms with E-state index < -0.39 is 0 Å². The molecular weight excluding hydrogens is 430 g/mol. The minimum Gasteiger partial charge on any atom is -0.494 e. The summed E-state index contributed by atoms with van der Waals surface area (Å²) in [6.45, 7) is 7.82. The molecule has 0 aliphatic heterocycles. The summed E-state index contributed by atoms with van der Waals surface area (Å²) in [6.07, 6.45) is 1.27. The smallest absolute Gasteiger partial charge is 0.233 e. The lowest BCUT2D eigenvalue weighted by atomic mass is 9.97. The third-order valence-electron chi connectivity index (χ3n) is 5.28. The number of benzene rings is 2. The third-order valence-corrected chi connectivity index (χ3v) is 6.32. The van der Waals surface area contributed by atoms with Crippen molar-refractivity contribution in [3.63, 3.8) is 0 Å². The van der Waals surface area contributed by atoms with E-state index in [-0.39, 0.29) is 18.3 Å². The van der Waals surface area contributed by atoms with Crippen LogP contribution >= 0.6 is 23.7 Å². The summed E-state index contributed by atoms with van der Waals surface area (Å²) in [7, 11) is 5.75. The molecule has 0 aliphatic carbocycles. The molecule has 0 aliphatic rings. The van der Waals surface area contributed by atoms with Gasteiger partial charge in [-0.05, 0) is 76.7 Å². The maximum atomic E-state index is 13.5. The van der Waals surface area contributed by atoms with Crippen LogP contribution in [0.5, 0.6) is 5.75 Å². The van der Waals surface area contributed by atoms with Gasteiger partial charge >= 0.3 is 0 Å². The minimum absolute atomic E-state index is 0. The quantitative estimate of drug-likeness (QED) is 0.463. The van der Waals surface area contributed by atoms with E-state index in [1.54, 1.807) is 18.4 Å². The zero-order valence-electron chi connectivity index (χ0n) is 19.2. The number of aromatic nitrogens is 1. The second kappa shape index (κ2) is 10.9. The van der Waals surface area contributed by atoms with Crippen molar-refractivity contribution in [2.45, 2.75) is 33.6 Å². The number of para-hydroxylation sites is 1. The number of carbonyl (C=O) groups is 1. The van der Waals surface area contributed by atoms with Gasteiger partial charge in [0.15, 0.2) is 5.13 Å². The van der Waals surface area contributed by atoms with Gasteiger partial charge in [-0.15, -0.1) is 12.4 Å². The average molecular weight is 462 g/mol. The number of amides is 1. The highest BCUT2D eigenvalue weighted by Crippen LogP contribution is 2.34. The number of methoxy groups -OCH3 is 1. The molecule has 3 rings (SSSR count). The molecule has 0 saturated heterocycles. The summed E-state index contributed by atoms with van der Waals surface area (Å²) >= 11 is 1.54. The number of thiazole rings is 1. The maximum absolute atomic E-state index is 13.5. The van der Waals surface area contributed by atoms with Gasteiger partial charge in [0.25, 0.3) is 0 Å². The Morgan fingerprint density at radius 2 is 1.77 bits per heavy atom. The van der Waals surface area contributed by atoms with Crippen molar-refractivity contribution >= 4 is 45.0 Å². The van der Waals surface area contributed by atoms with Gasteiger partial charge in [0.2, 0.25) is 5.91 Å². The van der Waals surface area contributed by atoms with Crippen LogP contribution in [-0.2, 0) is 11.2 Å². The molecule has 0 spiro atoms. The molecule has 2 aromatic carbocycles. The molecule has 31 heavy (non-hydrogen) atoms. The lowest BCUT2D eigenvalue weighted by Crippen LogP contribution is -2.34. The molecule has 1 amide bonds. The third kappa shape index (κ3) is 5.97. The van der Waals surface area contributed by atoms with Crippen molar-refractivity contribution in [3.05, 3.63) is 52.6 Å². The lowest BCUT2D eigenvalue weighted by Gasteiger charge is -2.22. The Morgan fingerprint density at radius 3 is 2.39 bits per heavy atom. The number of fused-ring (bicyclic) bond motifs is 1. The number of anilines is 1. The van der Waals surface area contributed by atoms with E-state index in [2.05, 4.69) is 37.8 Å². The van der Waals surface area contributed by atoms with E-state index >= 15 is 0 Å². The Bertz CT molecular complexity index is 1030. The zero-order valence-corrected chi connectivity index (χ0v) is 20.8. The molecule has 1 heterocycles. The van der Waals surface area contributed by atoms with Gasteiger partial charge in [-0.1, -0.05) is 35.1 Å². The Morgan fingerprint density at radius 1 is 1.10 bits per heavy atom. The van der Waals surface area contributed by atoms with Crippen LogP contribution in [0.4, 0.5) is 5.13 Å². The van der Waals surface area contributed by atoms with E-state index in [1.165, 1.54) is 16.7 Å². The number of nitrogens with zero attached hydrogens (tertiary/aromatic N) is 3. The van der Waals surface area contributed by atoms with Crippen LogP contribution in [0.1, 0.15) is 28.7 Å². The van der Waals surface area contributed by atoms with Crippen LogP contribution in [0, 0.1) is 20.8 Å². The van der Waals surface area contributed by atoms with Crippen molar-refractivity contribution in [2.75, 3.05) is 39.2 Å². The van der Waals surface area contributed by atoms with Gasteiger partial charge in [-0.25, -0.2) is 4.98 Å².